The maximum Gasteiger partial charge on any atom is 0.143 e. The summed E-state index contributed by atoms with van der Waals surface area (Å²) in [6.45, 7) is 5.55. The summed E-state index contributed by atoms with van der Waals surface area (Å²) in [6.07, 6.45) is 5.23. The molecule has 0 amide bonds. The molecule has 0 saturated heterocycles. The van der Waals surface area contributed by atoms with Crippen molar-refractivity contribution in [2.45, 2.75) is 52.1 Å². The number of benzene rings is 1. The third kappa shape index (κ3) is 3.73. The normalized spacial score (nSPS) is 22.4. The molecule has 1 aliphatic rings. The van der Waals surface area contributed by atoms with Crippen LogP contribution in [0.4, 0.5) is 0 Å². The zero-order valence-electron chi connectivity index (χ0n) is 11.5. The zero-order valence-corrected chi connectivity index (χ0v) is 14.6. The van der Waals surface area contributed by atoms with Crippen LogP contribution in [0.15, 0.2) is 21.1 Å². The highest BCUT2D eigenvalue weighted by molar-refractivity contribution is 9.11. The van der Waals surface area contributed by atoms with E-state index in [1.807, 2.05) is 12.1 Å². The molecule has 1 aliphatic carbocycles. The van der Waals surface area contributed by atoms with E-state index in [1.54, 1.807) is 0 Å². The Kier molecular flexibility index (Phi) is 4.96. The van der Waals surface area contributed by atoms with E-state index in [0.29, 0.717) is 11.5 Å². The maximum atomic E-state index is 9.72. The number of aromatic hydroxyl groups is 1. The van der Waals surface area contributed by atoms with E-state index >= 15 is 0 Å². The SMILES string of the molecule is CC1(C)CCCCC1NCc1cc(Br)c(O)c(Br)c1. The zero-order chi connectivity index (χ0) is 14.0. The fourth-order valence-corrected chi connectivity index (χ4v) is 4.11. The lowest BCUT2D eigenvalue weighted by Crippen LogP contribution is -2.43. The Morgan fingerprint density at radius 1 is 1.26 bits per heavy atom. The highest BCUT2D eigenvalue weighted by Crippen LogP contribution is 2.36. The molecule has 1 fully saturated rings. The highest BCUT2D eigenvalue weighted by Gasteiger charge is 2.31. The van der Waals surface area contributed by atoms with Crippen LogP contribution in [0.25, 0.3) is 0 Å². The lowest BCUT2D eigenvalue weighted by atomic mass is 9.73. The van der Waals surface area contributed by atoms with Crippen LogP contribution in [0.1, 0.15) is 45.1 Å². The molecule has 0 bridgehead atoms. The van der Waals surface area contributed by atoms with E-state index < -0.39 is 0 Å². The number of phenols is 1. The highest BCUT2D eigenvalue weighted by atomic mass is 79.9. The van der Waals surface area contributed by atoms with Gasteiger partial charge in [-0.25, -0.2) is 0 Å². The first-order valence-electron chi connectivity index (χ1n) is 6.80. The van der Waals surface area contributed by atoms with Crippen LogP contribution in [0.5, 0.6) is 5.75 Å². The summed E-state index contributed by atoms with van der Waals surface area (Å²) in [5.41, 5.74) is 1.56. The molecule has 0 radical (unpaired) electrons. The van der Waals surface area contributed by atoms with Gasteiger partial charge in [-0.2, -0.15) is 0 Å². The summed E-state index contributed by atoms with van der Waals surface area (Å²) in [4.78, 5) is 0. The summed E-state index contributed by atoms with van der Waals surface area (Å²) in [7, 11) is 0. The molecule has 106 valence electrons. The first kappa shape index (κ1) is 15.3. The Morgan fingerprint density at radius 3 is 2.47 bits per heavy atom. The molecule has 19 heavy (non-hydrogen) atoms. The Bertz CT molecular complexity index is 436. The molecule has 1 atom stereocenters. The van der Waals surface area contributed by atoms with Gasteiger partial charge in [0.1, 0.15) is 5.75 Å². The van der Waals surface area contributed by atoms with Gasteiger partial charge >= 0.3 is 0 Å². The molecule has 2 N–H and O–H groups in total. The van der Waals surface area contributed by atoms with E-state index in [2.05, 4.69) is 51.0 Å². The molecule has 2 nitrogen and oxygen atoms in total. The van der Waals surface area contributed by atoms with Crippen LogP contribution in [-0.4, -0.2) is 11.1 Å². The topological polar surface area (TPSA) is 32.3 Å². The van der Waals surface area contributed by atoms with Crippen molar-refractivity contribution in [2.24, 2.45) is 5.41 Å². The van der Waals surface area contributed by atoms with E-state index in [1.165, 1.54) is 31.2 Å². The minimum absolute atomic E-state index is 0.266. The molecule has 4 heteroatoms. The second kappa shape index (κ2) is 6.15. The van der Waals surface area contributed by atoms with Crippen molar-refractivity contribution in [3.63, 3.8) is 0 Å². The molecule has 1 unspecified atom stereocenters. The van der Waals surface area contributed by atoms with E-state index in [0.717, 1.165) is 15.5 Å². The van der Waals surface area contributed by atoms with Crippen molar-refractivity contribution in [1.29, 1.82) is 0 Å². The van der Waals surface area contributed by atoms with Gasteiger partial charge in [0.25, 0.3) is 0 Å². The Hall–Kier alpha value is -0.0600. The number of nitrogens with one attached hydrogen (secondary N) is 1. The van der Waals surface area contributed by atoms with E-state index in [4.69, 9.17) is 0 Å². The molecule has 1 aromatic carbocycles. The number of halogens is 2. The van der Waals surface area contributed by atoms with Crippen LogP contribution in [0.2, 0.25) is 0 Å². The second-order valence-corrected chi connectivity index (χ2v) is 7.78. The molecule has 2 rings (SSSR count). The van der Waals surface area contributed by atoms with Gasteiger partial charge in [-0.3, -0.25) is 0 Å². The number of phenolic OH excluding ortho intramolecular Hbond substituents is 1. The van der Waals surface area contributed by atoms with Gasteiger partial charge in [-0.15, -0.1) is 0 Å². The third-order valence-corrected chi connectivity index (χ3v) is 5.35. The summed E-state index contributed by atoms with van der Waals surface area (Å²) < 4.78 is 1.48. The van der Waals surface area contributed by atoms with Crippen molar-refractivity contribution in [3.05, 3.63) is 26.6 Å². The Morgan fingerprint density at radius 2 is 1.89 bits per heavy atom. The molecule has 0 spiro atoms. The van der Waals surface area contributed by atoms with Crippen LogP contribution in [0.3, 0.4) is 0 Å². The Labute approximate surface area is 132 Å². The predicted octanol–water partition coefficient (Wildman–Crippen LogP) is 4.98. The van der Waals surface area contributed by atoms with Crippen molar-refractivity contribution in [2.75, 3.05) is 0 Å². The lowest BCUT2D eigenvalue weighted by Gasteiger charge is -2.39. The van der Waals surface area contributed by atoms with E-state index in [-0.39, 0.29) is 5.75 Å². The average molecular weight is 391 g/mol. The quantitative estimate of drug-likeness (QED) is 0.762. The minimum Gasteiger partial charge on any atom is -0.506 e. The first-order valence-corrected chi connectivity index (χ1v) is 8.39. The van der Waals surface area contributed by atoms with Gasteiger partial charge in [0.15, 0.2) is 0 Å². The van der Waals surface area contributed by atoms with Gasteiger partial charge in [-0.05, 0) is 67.8 Å². The standard InChI is InChI=1S/C15H21Br2NO/c1-15(2)6-4-3-5-13(15)18-9-10-7-11(16)14(19)12(17)8-10/h7-8,13,18-19H,3-6,9H2,1-2H3. The largest absolute Gasteiger partial charge is 0.506 e. The smallest absolute Gasteiger partial charge is 0.143 e. The summed E-state index contributed by atoms with van der Waals surface area (Å²) in [5.74, 6) is 0.266. The van der Waals surface area contributed by atoms with Crippen LogP contribution in [-0.2, 0) is 6.54 Å². The van der Waals surface area contributed by atoms with Crippen LogP contribution in [0, 0.1) is 5.41 Å². The summed E-state index contributed by atoms with van der Waals surface area (Å²) in [5, 5.41) is 13.4. The number of rotatable bonds is 3. The fourth-order valence-electron chi connectivity index (χ4n) is 2.83. The summed E-state index contributed by atoms with van der Waals surface area (Å²) >= 11 is 6.76. The van der Waals surface area contributed by atoms with Gasteiger partial charge in [0.2, 0.25) is 0 Å². The van der Waals surface area contributed by atoms with Crippen LogP contribution >= 0.6 is 31.9 Å². The monoisotopic (exact) mass is 389 g/mol. The van der Waals surface area contributed by atoms with Crippen molar-refractivity contribution in [1.82, 2.24) is 5.32 Å². The van der Waals surface area contributed by atoms with Crippen LogP contribution < -0.4 is 5.32 Å². The molecular formula is C15H21Br2NO. The van der Waals surface area contributed by atoms with Gasteiger partial charge in [-0.1, -0.05) is 26.7 Å². The number of hydrogen-bond acceptors (Lipinski definition) is 2. The molecule has 0 aromatic heterocycles. The number of hydrogen-bond donors (Lipinski definition) is 2. The predicted molar refractivity (Wildman–Crippen MR) is 86.4 cm³/mol. The van der Waals surface area contributed by atoms with Crippen molar-refractivity contribution in [3.8, 4) is 5.75 Å². The lowest BCUT2D eigenvalue weighted by molar-refractivity contribution is 0.167. The average Bonchev–Trinajstić information content (AvgIpc) is 2.34. The first-order chi connectivity index (χ1) is 8.90. The maximum absolute atomic E-state index is 9.72. The molecule has 0 aliphatic heterocycles. The molecule has 0 heterocycles. The van der Waals surface area contributed by atoms with Gasteiger partial charge in [0, 0.05) is 12.6 Å². The molecule has 1 saturated carbocycles. The third-order valence-electron chi connectivity index (χ3n) is 4.14. The second-order valence-electron chi connectivity index (χ2n) is 6.08. The molecular weight excluding hydrogens is 370 g/mol. The summed E-state index contributed by atoms with van der Waals surface area (Å²) in [6, 6.07) is 4.53. The van der Waals surface area contributed by atoms with Gasteiger partial charge < -0.3 is 10.4 Å². The van der Waals surface area contributed by atoms with Crippen molar-refractivity contribution >= 4 is 31.9 Å². The van der Waals surface area contributed by atoms with Gasteiger partial charge in [0.05, 0.1) is 8.95 Å². The molecule has 1 aromatic rings. The minimum atomic E-state index is 0.266. The Balaban J connectivity index is 2.02. The van der Waals surface area contributed by atoms with Crippen molar-refractivity contribution < 1.29 is 5.11 Å². The fraction of sp³-hybridized carbons (Fsp3) is 0.600. The van der Waals surface area contributed by atoms with E-state index in [9.17, 15) is 5.11 Å².